The highest BCUT2D eigenvalue weighted by atomic mass is 19.1. The highest BCUT2D eigenvalue weighted by molar-refractivity contribution is 6.14. The van der Waals surface area contributed by atoms with Crippen LogP contribution in [0.3, 0.4) is 0 Å². The summed E-state index contributed by atoms with van der Waals surface area (Å²) in [5.41, 5.74) is 1.32. The molecule has 1 N–H and O–H groups in total. The first-order valence-corrected chi connectivity index (χ1v) is 7.63. The summed E-state index contributed by atoms with van der Waals surface area (Å²) in [7, 11) is 1.55. The van der Waals surface area contributed by atoms with Crippen LogP contribution in [0.15, 0.2) is 58.9 Å². The fourth-order valence-corrected chi connectivity index (χ4v) is 2.41. The van der Waals surface area contributed by atoms with Crippen molar-refractivity contribution in [3.05, 3.63) is 65.4 Å². The summed E-state index contributed by atoms with van der Waals surface area (Å²) in [6.07, 6.45) is 2.71. The Balaban J connectivity index is 1.85. The number of rotatable bonds is 3. The Morgan fingerprint density at radius 3 is 2.65 bits per heavy atom. The van der Waals surface area contributed by atoms with E-state index in [4.69, 9.17) is 5.26 Å². The normalized spacial score (nSPS) is 14.9. The van der Waals surface area contributed by atoms with E-state index in [0.717, 1.165) is 0 Å². The number of pyridine rings is 1. The average Bonchev–Trinajstić information content (AvgIpc) is 2.66. The number of aliphatic hydroxyl groups is 1. The summed E-state index contributed by atoms with van der Waals surface area (Å²) in [4.78, 5) is 20.6. The first-order valence-electron chi connectivity index (χ1n) is 7.63. The van der Waals surface area contributed by atoms with Crippen molar-refractivity contribution in [1.29, 1.82) is 5.26 Å². The molecule has 1 aliphatic heterocycles. The molecule has 0 radical (unpaired) electrons. The van der Waals surface area contributed by atoms with Crippen LogP contribution in [0.25, 0.3) is 0 Å². The molecular formula is C18H14FN5O2. The van der Waals surface area contributed by atoms with Crippen molar-refractivity contribution in [3.63, 3.8) is 0 Å². The molecule has 1 aromatic carbocycles. The number of nitrogens with zero attached hydrogens (tertiary/aromatic N) is 5. The third-order valence-corrected chi connectivity index (χ3v) is 3.83. The standard InChI is InChI=1S/C18H14FN5O2/c1-23-18(26)16(10-22-13-4-2-12(19)3-5-13)17(25)11-24(23)15-7-6-14(8-20)21-9-15/h2-7,9-10,25H,11H2,1H3. The van der Waals surface area contributed by atoms with Crippen LogP contribution in [-0.4, -0.2) is 40.8 Å². The minimum Gasteiger partial charge on any atom is -0.509 e. The SMILES string of the molecule is CN1C(=O)C(C=Nc2ccc(F)cc2)=C(O)CN1c1ccc(C#N)nc1. The Hall–Kier alpha value is -3.73. The zero-order valence-corrected chi connectivity index (χ0v) is 13.8. The van der Waals surface area contributed by atoms with Crippen molar-refractivity contribution in [1.82, 2.24) is 9.99 Å². The van der Waals surface area contributed by atoms with Gasteiger partial charge in [0.2, 0.25) is 0 Å². The number of amides is 1. The molecule has 130 valence electrons. The largest absolute Gasteiger partial charge is 0.509 e. The Morgan fingerprint density at radius 1 is 1.31 bits per heavy atom. The molecule has 0 saturated carbocycles. The number of anilines is 1. The molecule has 0 atom stereocenters. The van der Waals surface area contributed by atoms with E-state index in [1.165, 1.54) is 52.8 Å². The molecule has 1 aliphatic rings. The number of aliphatic imine (C=N–C) groups is 1. The number of likely N-dealkylation sites (N-methyl/N-ethyl adjacent to an activating group) is 1. The van der Waals surface area contributed by atoms with Crippen LogP contribution in [0.2, 0.25) is 0 Å². The molecule has 1 amide bonds. The van der Waals surface area contributed by atoms with Crippen LogP contribution in [-0.2, 0) is 4.79 Å². The van der Waals surface area contributed by atoms with E-state index in [9.17, 15) is 14.3 Å². The lowest BCUT2D eigenvalue weighted by molar-refractivity contribution is -0.126. The fraction of sp³-hybridized carbons (Fsp3) is 0.111. The topological polar surface area (TPSA) is 92.8 Å². The minimum atomic E-state index is -0.455. The predicted molar refractivity (Wildman–Crippen MR) is 93.3 cm³/mol. The van der Waals surface area contributed by atoms with E-state index < -0.39 is 5.91 Å². The van der Waals surface area contributed by atoms with E-state index in [2.05, 4.69) is 9.98 Å². The molecule has 8 heteroatoms. The number of nitriles is 1. The van der Waals surface area contributed by atoms with Crippen LogP contribution >= 0.6 is 0 Å². The van der Waals surface area contributed by atoms with Gasteiger partial charge in [-0.2, -0.15) is 5.26 Å². The summed E-state index contributed by atoms with van der Waals surface area (Å²) < 4.78 is 12.9. The molecule has 0 spiro atoms. The number of hydrogen-bond acceptors (Lipinski definition) is 6. The Kier molecular flexibility index (Phi) is 4.62. The summed E-state index contributed by atoms with van der Waals surface area (Å²) in [6.45, 7) is 0.0423. The molecule has 0 unspecified atom stereocenters. The molecule has 2 aromatic rings. The first-order chi connectivity index (χ1) is 12.5. The molecule has 0 aliphatic carbocycles. The number of hydrazine groups is 1. The van der Waals surface area contributed by atoms with Crippen molar-refractivity contribution >= 4 is 23.5 Å². The quantitative estimate of drug-likeness (QED) is 0.858. The van der Waals surface area contributed by atoms with Crippen LogP contribution in [0, 0.1) is 17.1 Å². The van der Waals surface area contributed by atoms with Crippen molar-refractivity contribution < 1.29 is 14.3 Å². The number of halogens is 1. The molecule has 0 bridgehead atoms. The molecule has 0 saturated heterocycles. The average molecular weight is 351 g/mol. The van der Waals surface area contributed by atoms with E-state index in [1.807, 2.05) is 6.07 Å². The van der Waals surface area contributed by atoms with Crippen molar-refractivity contribution in [2.45, 2.75) is 0 Å². The summed E-state index contributed by atoms with van der Waals surface area (Å²) >= 11 is 0. The summed E-state index contributed by atoms with van der Waals surface area (Å²) in [6, 6.07) is 10.5. The first kappa shape index (κ1) is 17.1. The fourth-order valence-electron chi connectivity index (χ4n) is 2.41. The van der Waals surface area contributed by atoms with Gasteiger partial charge in [-0.25, -0.2) is 9.37 Å². The third-order valence-electron chi connectivity index (χ3n) is 3.83. The van der Waals surface area contributed by atoms with Gasteiger partial charge in [-0.1, -0.05) is 0 Å². The zero-order chi connectivity index (χ0) is 18.7. The number of benzene rings is 1. The molecule has 26 heavy (non-hydrogen) atoms. The Labute approximate surface area is 148 Å². The van der Waals surface area contributed by atoms with Crippen molar-refractivity contribution in [2.75, 3.05) is 18.6 Å². The van der Waals surface area contributed by atoms with Gasteiger partial charge in [0.05, 0.1) is 29.7 Å². The monoisotopic (exact) mass is 351 g/mol. The molecule has 2 heterocycles. The molecule has 3 rings (SSSR count). The Morgan fingerprint density at radius 2 is 2.04 bits per heavy atom. The number of aromatic nitrogens is 1. The van der Waals surface area contributed by atoms with Gasteiger partial charge >= 0.3 is 0 Å². The van der Waals surface area contributed by atoms with Crippen LogP contribution in [0.4, 0.5) is 15.8 Å². The number of aliphatic hydroxyl groups excluding tert-OH is 1. The van der Waals surface area contributed by atoms with E-state index >= 15 is 0 Å². The van der Waals surface area contributed by atoms with E-state index in [1.54, 1.807) is 13.1 Å². The van der Waals surface area contributed by atoms with Gasteiger partial charge in [0.1, 0.15) is 23.3 Å². The maximum absolute atomic E-state index is 12.9. The molecular weight excluding hydrogens is 337 g/mol. The van der Waals surface area contributed by atoms with Gasteiger partial charge in [-0.15, -0.1) is 0 Å². The van der Waals surface area contributed by atoms with E-state index in [0.29, 0.717) is 11.4 Å². The highest BCUT2D eigenvalue weighted by Crippen LogP contribution is 2.23. The van der Waals surface area contributed by atoms with Gasteiger partial charge in [-0.05, 0) is 36.4 Å². The van der Waals surface area contributed by atoms with Gasteiger partial charge in [0, 0.05) is 13.3 Å². The van der Waals surface area contributed by atoms with Gasteiger partial charge in [0.25, 0.3) is 5.91 Å². The highest BCUT2D eigenvalue weighted by Gasteiger charge is 2.30. The van der Waals surface area contributed by atoms with Gasteiger partial charge in [0.15, 0.2) is 0 Å². The van der Waals surface area contributed by atoms with Gasteiger partial charge < -0.3 is 5.11 Å². The van der Waals surface area contributed by atoms with E-state index in [-0.39, 0.29) is 29.4 Å². The molecule has 1 aromatic heterocycles. The lowest BCUT2D eigenvalue weighted by Crippen LogP contribution is -2.50. The second kappa shape index (κ2) is 7.03. The smallest absolute Gasteiger partial charge is 0.277 e. The second-order valence-corrected chi connectivity index (χ2v) is 5.49. The third kappa shape index (κ3) is 3.37. The van der Waals surface area contributed by atoms with Crippen LogP contribution in [0.5, 0.6) is 0 Å². The lowest BCUT2D eigenvalue weighted by Gasteiger charge is -2.37. The molecule has 7 nitrogen and oxygen atoms in total. The number of carbonyl (C=O) groups is 1. The predicted octanol–water partition coefficient (Wildman–Crippen LogP) is 2.50. The Bertz CT molecular complexity index is 930. The second-order valence-electron chi connectivity index (χ2n) is 5.49. The zero-order valence-electron chi connectivity index (χ0n) is 13.8. The maximum Gasteiger partial charge on any atom is 0.277 e. The summed E-state index contributed by atoms with van der Waals surface area (Å²) in [5, 5.41) is 21.9. The summed E-state index contributed by atoms with van der Waals surface area (Å²) in [5.74, 6) is -0.988. The van der Waals surface area contributed by atoms with Gasteiger partial charge in [-0.3, -0.25) is 19.8 Å². The minimum absolute atomic E-state index is 0.0423. The number of carbonyl (C=O) groups excluding carboxylic acids is 1. The van der Waals surface area contributed by atoms with Crippen molar-refractivity contribution in [2.24, 2.45) is 4.99 Å². The lowest BCUT2D eigenvalue weighted by atomic mass is 10.1. The van der Waals surface area contributed by atoms with Crippen LogP contribution < -0.4 is 5.01 Å². The van der Waals surface area contributed by atoms with Crippen LogP contribution in [0.1, 0.15) is 5.69 Å². The maximum atomic E-state index is 12.9. The number of hydrogen-bond donors (Lipinski definition) is 1. The molecule has 0 fully saturated rings. The van der Waals surface area contributed by atoms with Crippen molar-refractivity contribution in [3.8, 4) is 6.07 Å².